The smallest absolute Gasteiger partial charge is 0.165 e. The molecule has 5 heteroatoms. The Morgan fingerprint density at radius 3 is 2.82 bits per heavy atom. The Hall–Kier alpha value is -2.11. The molecule has 2 aromatic rings. The Morgan fingerprint density at radius 1 is 1.32 bits per heavy atom. The minimum atomic E-state index is -1.20. The first-order valence-corrected chi connectivity index (χ1v) is 7.13. The van der Waals surface area contributed by atoms with E-state index in [2.05, 4.69) is 5.32 Å². The summed E-state index contributed by atoms with van der Waals surface area (Å²) in [6.45, 7) is 0.293. The summed E-state index contributed by atoms with van der Waals surface area (Å²) in [5, 5.41) is 23.6. The number of ether oxygens (including phenoxy) is 1. The Morgan fingerprint density at radius 2 is 2.09 bits per heavy atom. The first kappa shape index (κ1) is 14.8. The highest BCUT2D eigenvalue weighted by molar-refractivity contribution is 5.44. The minimum Gasteiger partial charge on any atom is -0.508 e. The van der Waals surface area contributed by atoms with Gasteiger partial charge in [0, 0.05) is 18.5 Å². The third-order valence-electron chi connectivity index (χ3n) is 3.96. The quantitative estimate of drug-likeness (QED) is 0.810. The summed E-state index contributed by atoms with van der Waals surface area (Å²) in [7, 11) is 1.73. The van der Waals surface area contributed by atoms with Gasteiger partial charge in [-0.15, -0.1) is 0 Å². The van der Waals surface area contributed by atoms with Crippen LogP contribution in [0.4, 0.5) is 4.39 Å². The molecular weight excluding hydrogens is 285 g/mol. The van der Waals surface area contributed by atoms with E-state index in [9.17, 15) is 14.6 Å². The van der Waals surface area contributed by atoms with Crippen LogP contribution in [0.1, 0.15) is 17.2 Å². The van der Waals surface area contributed by atoms with Crippen LogP contribution < -0.4 is 10.1 Å². The van der Waals surface area contributed by atoms with Gasteiger partial charge in [-0.05, 0) is 36.9 Å². The summed E-state index contributed by atoms with van der Waals surface area (Å²) in [4.78, 5) is 0. The number of phenols is 1. The van der Waals surface area contributed by atoms with E-state index in [4.69, 9.17) is 4.74 Å². The topological polar surface area (TPSA) is 61.7 Å². The largest absolute Gasteiger partial charge is 0.508 e. The van der Waals surface area contributed by atoms with E-state index in [1.165, 1.54) is 12.1 Å². The molecule has 2 unspecified atom stereocenters. The molecule has 4 nitrogen and oxygen atoms in total. The fourth-order valence-corrected chi connectivity index (χ4v) is 3.00. The second-order valence-electron chi connectivity index (χ2n) is 5.62. The third kappa shape index (κ3) is 2.53. The van der Waals surface area contributed by atoms with Crippen LogP contribution in [0, 0.1) is 5.82 Å². The van der Waals surface area contributed by atoms with Crippen molar-refractivity contribution in [1.29, 1.82) is 0 Å². The Bertz CT molecular complexity index is 691. The molecule has 22 heavy (non-hydrogen) atoms. The van der Waals surface area contributed by atoms with E-state index in [1.807, 2.05) is 0 Å². The van der Waals surface area contributed by atoms with Crippen molar-refractivity contribution in [3.63, 3.8) is 0 Å². The zero-order valence-corrected chi connectivity index (χ0v) is 12.2. The van der Waals surface area contributed by atoms with Crippen LogP contribution in [0.5, 0.6) is 11.5 Å². The number of halogens is 1. The van der Waals surface area contributed by atoms with Crippen LogP contribution in [-0.2, 0) is 6.42 Å². The highest BCUT2D eigenvalue weighted by Crippen LogP contribution is 2.43. The molecule has 0 heterocycles. The fraction of sp³-hybridized carbons (Fsp3) is 0.294. The molecule has 0 spiro atoms. The number of aromatic hydroxyl groups is 1. The van der Waals surface area contributed by atoms with Gasteiger partial charge >= 0.3 is 0 Å². The van der Waals surface area contributed by atoms with Crippen molar-refractivity contribution < 1.29 is 19.3 Å². The van der Waals surface area contributed by atoms with Crippen LogP contribution in [0.15, 0.2) is 42.5 Å². The van der Waals surface area contributed by atoms with Gasteiger partial charge in [0.05, 0.1) is 0 Å². The molecule has 2 atom stereocenters. The molecule has 1 aliphatic carbocycles. The van der Waals surface area contributed by atoms with Crippen LogP contribution in [0.3, 0.4) is 0 Å². The SMILES string of the molecule is CNCC1(O)Cc2ccc(O)cc2C1Oc1ccccc1F. The monoisotopic (exact) mass is 303 g/mol. The number of para-hydroxylation sites is 1. The summed E-state index contributed by atoms with van der Waals surface area (Å²) in [6, 6.07) is 11.0. The number of nitrogens with one attached hydrogen (secondary N) is 1. The Labute approximate surface area is 128 Å². The molecule has 0 amide bonds. The molecule has 0 saturated carbocycles. The van der Waals surface area contributed by atoms with Gasteiger partial charge in [-0.2, -0.15) is 0 Å². The Balaban J connectivity index is 2.01. The van der Waals surface area contributed by atoms with Gasteiger partial charge < -0.3 is 20.3 Å². The maximum atomic E-state index is 13.9. The van der Waals surface area contributed by atoms with E-state index in [0.29, 0.717) is 18.5 Å². The summed E-state index contributed by atoms with van der Waals surface area (Å²) < 4.78 is 19.6. The van der Waals surface area contributed by atoms with Gasteiger partial charge in [0.15, 0.2) is 17.7 Å². The lowest BCUT2D eigenvalue weighted by Crippen LogP contribution is -2.45. The lowest BCUT2D eigenvalue weighted by atomic mass is 9.97. The van der Waals surface area contributed by atoms with Crippen LogP contribution >= 0.6 is 0 Å². The molecule has 3 N–H and O–H groups in total. The average Bonchev–Trinajstić information content (AvgIpc) is 2.74. The maximum Gasteiger partial charge on any atom is 0.165 e. The van der Waals surface area contributed by atoms with Crippen molar-refractivity contribution in [2.75, 3.05) is 13.6 Å². The zero-order chi connectivity index (χ0) is 15.7. The van der Waals surface area contributed by atoms with Crippen molar-refractivity contribution in [3.05, 3.63) is 59.4 Å². The first-order valence-electron chi connectivity index (χ1n) is 7.13. The van der Waals surface area contributed by atoms with Gasteiger partial charge in [-0.1, -0.05) is 18.2 Å². The number of likely N-dealkylation sites (N-methyl/N-ethyl adjacent to an activating group) is 1. The number of rotatable bonds is 4. The van der Waals surface area contributed by atoms with Crippen LogP contribution in [0.2, 0.25) is 0 Å². The molecule has 0 saturated heterocycles. The second kappa shape index (κ2) is 5.59. The van der Waals surface area contributed by atoms with E-state index in [0.717, 1.165) is 5.56 Å². The van der Waals surface area contributed by atoms with Crippen molar-refractivity contribution in [3.8, 4) is 11.5 Å². The highest BCUT2D eigenvalue weighted by Gasteiger charge is 2.46. The average molecular weight is 303 g/mol. The number of fused-ring (bicyclic) bond motifs is 1. The third-order valence-corrected chi connectivity index (χ3v) is 3.96. The number of phenolic OH excluding ortho intramolecular Hbond substituents is 1. The molecule has 2 aromatic carbocycles. The van der Waals surface area contributed by atoms with Crippen LogP contribution in [0.25, 0.3) is 0 Å². The first-order chi connectivity index (χ1) is 10.5. The minimum absolute atomic E-state index is 0.0817. The maximum absolute atomic E-state index is 13.9. The van der Waals surface area contributed by atoms with Gasteiger partial charge in [-0.25, -0.2) is 4.39 Å². The summed E-state index contributed by atoms with van der Waals surface area (Å²) >= 11 is 0. The molecule has 0 aliphatic heterocycles. The number of aliphatic hydroxyl groups is 1. The van der Waals surface area contributed by atoms with Crippen LogP contribution in [-0.4, -0.2) is 29.4 Å². The van der Waals surface area contributed by atoms with Gasteiger partial charge in [0.2, 0.25) is 0 Å². The molecular formula is C17H18FNO3. The molecule has 0 aromatic heterocycles. The summed E-state index contributed by atoms with van der Waals surface area (Å²) in [6.07, 6.45) is -0.373. The zero-order valence-electron chi connectivity index (χ0n) is 12.2. The predicted molar refractivity (Wildman–Crippen MR) is 80.5 cm³/mol. The lowest BCUT2D eigenvalue weighted by Gasteiger charge is -2.30. The predicted octanol–water partition coefficient (Wildman–Crippen LogP) is 2.16. The number of benzene rings is 2. The van der Waals surface area contributed by atoms with Crippen molar-refractivity contribution in [2.45, 2.75) is 18.1 Å². The van der Waals surface area contributed by atoms with Gasteiger partial charge in [-0.3, -0.25) is 0 Å². The highest BCUT2D eigenvalue weighted by atomic mass is 19.1. The van der Waals surface area contributed by atoms with E-state index < -0.39 is 17.5 Å². The summed E-state index contributed by atoms with van der Waals surface area (Å²) in [5.74, 6) is -0.310. The molecule has 0 fully saturated rings. The fourth-order valence-electron chi connectivity index (χ4n) is 3.00. The lowest BCUT2D eigenvalue weighted by molar-refractivity contribution is -0.0497. The standard InChI is InChI=1S/C17H18FNO3/c1-19-10-17(21)9-11-6-7-12(20)8-13(11)16(17)22-15-5-3-2-4-14(15)18/h2-8,16,19-21H,9-10H2,1H3. The molecule has 3 rings (SSSR count). The molecule has 0 radical (unpaired) electrons. The van der Waals surface area contributed by atoms with Gasteiger partial charge in [0.25, 0.3) is 0 Å². The summed E-state index contributed by atoms with van der Waals surface area (Å²) in [5.41, 5.74) is 0.366. The normalized spacial score (nSPS) is 23.3. The number of hydrogen-bond acceptors (Lipinski definition) is 4. The van der Waals surface area contributed by atoms with Crippen molar-refractivity contribution in [1.82, 2.24) is 5.32 Å². The van der Waals surface area contributed by atoms with E-state index in [1.54, 1.807) is 37.4 Å². The van der Waals surface area contributed by atoms with E-state index in [-0.39, 0.29) is 11.5 Å². The van der Waals surface area contributed by atoms with Crippen molar-refractivity contribution in [2.24, 2.45) is 0 Å². The van der Waals surface area contributed by atoms with Gasteiger partial charge in [0.1, 0.15) is 11.4 Å². The van der Waals surface area contributed by atoms with E-state index >= 15 is 0 Å². The molecule has 116 valence electrons. The molecule has 1 aliphatic rings. The number of hydrogen-bond donors (Lipinski definition) is 3. The van der Waals surface area contributed by atoms with Crippen molar-refractivity contribution >= 4 is 0 Å². The Kier molecular flexibility index (Phi) is 3.76. The second-order valence-corrected chi connectivity index (χ2v) is 5.62. The molecule has 0 bridgehead atoms.